The van der Waals surface area contributed by atoms with Crippen LogP contribution in [0.4, 0.5) is 13.2 Å². The lowest BCUT2D eigenvalue weighted by Crippen LogP contribution is -2.53. The zero-order valence-electron chi connectivity index (χ0n) is 22.5. The molecule has 0 saturated carbocycles. The van der Waals surface area contributed by atoms with E-state index in [4.69, 9.17) is 4.74 Å². The summed E-state index contributed by atoms with van der Waals surface area (Å²) in [5.74, 6) is -4.50. The molecule has 0 aromatic heterocycles. The van der Waals surface area contributed by atoms with Crippen LogP contribution in [0.5, 0.6) is 0 Å². The maximum atomic E-state index is 14.5. The Balaban J connectivity index is 1.70. The molecule has 206 valence electrons. The van der Waals surface area contributed by atoms with E-state index in [-0.39, 0.29) is 35.8 Å². The van der Waals surface area contributed by atoms with Crippen molar-refractivity contribution in [3.8, 4) is 0 Å². The standard InChI is InChI=1S/C29H36F3N3O3/c1-18(2)34(17-22-12-25(20(4)11-19(22)3)27(36)33-9-10-38-6)14-21-15-35(16-21)28(37)24-8-7-23(13-26(24)30)29(5,31)32/h11-13,17,21H,1,3,7-10,14-16H2,2,4-6H3,(H,33,36). The van der Waals surface area contributed by atoms with E-state index in [1.54, 1.807) is 18.1 Å². The molecule has 0 unspecified atom stereocenters. The first-order valence-corrected chi connectivity index (χ1v) is 12.6. The van der Waals surface area contributed by atoms with Crippen molar-refractivity contribution in [3.05, 3.63) is 69.0 Å². The Labute approximate surface area is 221 Å². The van der Waals surface area contributed by atoms with E-state index in [2.05, 4.69) is 18.5 Å². The molecule has 1 aliphatic carbocycles. The summed E-state index contributed by atoms with van der Waals surface area (Å²) in [6.45, 7) is 14.8. The molecule has 0 radical (unpaired) electrons. The van der Waals surface area contributed by atoms with Crippen molar-refractivity contribution in [1.82, 2.24) is 15.1 Å². The number of rotatable bonds is 10. The number of carbonyl (C=O) groups excluding carboxylic acids is 2. The smallest absolute Gasteiger partial charge is 0.267 e. The van der Waals surface area contributed by atoms with Gasteiger partial charge in [-0.15, -0.1) is 0 Å². The van der Waals surface area contributed by atoms with Gasteiger partial charge in [-0.1, -0.05) is 19.2 Å². The highest BCUT2D eigenvalue weighted by atomic mass is 19.3. The minimum Gasteiger partial charge on any atom is -0.383 e. The summed E-state index contributed by atoms with van der Waals surface area (Å²) in [7, 11) is 1.57. The van der Waals surface area contributed by atoms with Gasteiger partial charge in [0.1, 0.15) is 5.83 Å². The Hall–Kier alpha value is -3.33. The fourth-order valence-electron chi connectivity index (χ4n) is 4.56. The Bertz CT molecular complexity index is 1270. The van der Waals surface area contributed by atoms with E-state index in [1.807, 2.05) is 31.0 Å². The maximum Gasteiger partial charge on any atom is 0.267 e. The fourth-order valence-corrected chi connectivity index (χ4v) is 4.56. The molecule has 6 nitrogen and oxygen atoms in total. The van der Waals surface area contributed by atoms with Gasteiger partial charge in [0.25, 0.3) is 17.7 Å². The Kier molecular flexibility index (Phi) is 9.25. The fraction of sp³-hybridized carbons (Fsp3) is 0.448. The van der Waals surface area contributed by atoms with Crippen molar-refractivity contribution < 1.29 is 27.5 Å². The number of benzene rings is 1. The molecule has 1 saturated heterocycles. The van der Waals surface area contributed by atoms with Crippen molar-refractivity contribution in [2.45, 2.75) is 39.5 Å². The first kappa shape index (κ1) is 29.2. The molecule has 0 spiro atoms. The molecule has 1 aromatic carbocycles. The summed E-state index contributed by atoms with van der Waals surface area (Å²) in [5.41, 5.74) is 1.79. The summed E-state index contributed by atoms with van der Waals surface area (Å²) in [4.78, 5) is 28.9. The van der Waals surface area contributed by atoms with Gasteiger partial charge in [-0.3, -0.25) is 9.59 Å². The number of allylic oxidation sites excluding steroid dienone is 4. The van der Waals surface area contributed by atoms with Gasteiger partial charge in [0.2, 0.25) is 0 Å². The zero-order chi connectivity index (χ0) is 28.2. The Morgan fingerprint density at radius 3 is 2.55 bits per heavy atom. The topological polar surface area (TPSA) is 61.9 Å². The van der Waals surface area contributed by atoms with Gasteiger partial charge >= 0.3 is 0 Å². The van der Waals surface area contributed by atoms with Gasteiger partial charge in [-0.25, -0.2) is 13.2 Å². The van der Waals surface area contributed by atoms with Crippen LogP contribution in [0.15, 0.2) is 47.5 Å². The van der Waals surface area contributed by atoms with Gasteiger partial charge in [-0.05, 0) is 54.8 Å². The van der Waals surface area contributed by atoms with Crippen LogP contribution >= 0.6 is 0 Å². The number of nitrogens with one attached hydrogen (secondary N) is 1. The maximum absolute atomic E-state index is 14.5. The summed E-state index contributed by atoms with van der Waals surface area (Å²) < 4.78 is 46.5. The molecule has 0 atom stereocenters. The molecular formula is C29H36F3N3O3. The number of nitrogens with zero attached hydrogens (tertiary/aromatic N) is 2. The molecular weight excluding hydrogens is 495 g/mol. The lowest BCUT2D eigenvalue weighted by Gasteiger charge is -2.42. The highest BCUT2D eigenvalue weighted by Crippen LogP contribution is 2.35. The van der Waals surface area contributed by atoms with E-state index in [0.717, 1.165) is 34.7 Å². The van der Waals surface area contributed by atoms with E-state index in [1.165, 1.54) is 0 Å². The lowest BCUT2D eigenvalue weighted by atomic mass is 9.91. The molecule has 2 aliphatic rings. The number of alkyl halides is 2. The number of carbonyl (C=O) groups is 2. The van der Waals surface area contributed by atoms with Crippen molar-refractivity contribution in [2.24, 2.45) is 5.92 Å². The van der Waals surface area contributed by atoms with E-state index >= 15 is 0 Å². The zero-order valence-corrected chi connectivity index (χ0v) is 22.5. The normalized spacial score (nSPS) is 16.8. The van der Waals surface area contributed by atoms with E-state index < -0.39 is 17.7 Å². The van der Waals surface area contributed by atoms with Crippen LogP contribution in [0.25, 0.3) is 12.8 Å². The second-order valence-electron chi connectivity index (χ2n) is 10.1. The quantitative estimate of drug-likeness (QED) is 0.470. The number of likely N-dealkylation sites (tertiary alicyclic amines) is 1. The second kappa shape index (κ2) is 12.0. The Morgan fingerprint density at radius 1 is 1.29 bits per heavy atom. The molecule has 0 bridgehead atoms. The second-order valence-corrected chi connectivity index (χ2v) is 10.1. The van der Waals surface area contributed by atoms with Crippen molar-refractivity contribution in [3.63, 3.8) is 0 Å². The SMILES string of the molecule is C=C(C)N(C=c1cc(C(=O)NCCOC)c(C)cc1=C)CC1CN(C(=O)C2=C(F)C=C(C(C)(F)F)CC2)C1. The van der Waals surface area contributed by atoms with Crippen LogP contribution in [0.2, 0.25) is 0 Å². The van der Waals surface area contributed by atoms with Crippen LogP contribution < -0.4 is 15.8 Å². The first-order chi connectivity index (χ1) is 17.8. The molecule has 1 N–H and O–H groups in total. The molecule has 38 heavy (non-hydrogen) atoms. The third-order valence-corrected chi connectivity index (χ3v) is 6.86. The van der Waals surface area contributed by atoms with Crippen LogP contribution in [0.1, 0.15) is 42.6 Å². The van der Waals surface area contributed by atoms with Gasteiger partial charge in [-0.2, -0.15) is 0 Å². The summed E-state index contributed by atoms with van der Waals surface area (Å²) in [5, 5.41) is 4.36. The minimum absolute atomic E-state index is 0.0339. The summed E-state index contributed by atoms with van der Waals surface area (Å²) in [6.07, 6.45) is 2.62. The van der Waals surface area contributed by atoms with Gasteiger partial charge < -0.3 is 19.9 Å². The lowest BCUT2D eigenvalue weighted by molar-refractivity contribution is -0.133. The third kappa shape index (κ3) is 6.95. The number of amides is 2. The molecule has 1 heterocycles. The van der Waals surface area contributed by atoms with Crippen LogP contribution in [-0.2, 0) is 9.53 Å². The van der Waals surface area contributed by atoms with Gasteiger partial charge in [0, 0.05) is 69.2 Å². The largest absolute Gasteiger partial charge is 0.383 e. The highest BCUT2D eigenvalue weighted by molar-refractivity contribution is 5.96. The van der Waals surface area contributed by atoms with Crippen molar-refractivity contribution >= 4 is 24.6 Å². The third-order valence-electron chi connectivity index (χ3n) is 6.86. The number of aryl methyl sites for hydroxylation is 1. The van der Waals surface area contributed by atoms with E-state index in [0.29, 0.717) is 38.3 Å². The minimum atomic E-state index is -3.10. The number of methoxy groups -OCH3 is 1. The van der Waals surface area contributed by atoms with Crippen molar-refractivity contribution in [1.29, 1.82) is 0 Å². The van der Waals surface area contributed by atoms with Gasteiger partial charge in [0.15, 0.2) is 0 Å². The molecule has 1 aromatic rings. The van der Waals surface area contributed by atoms with Crippen LogP contribution in [0.3, 0.4) is 0 Å². The molecule has 3 rings (SSSR count). The first-order valence-electron chi connectivity index (χ1n) is 12.6. The number of hydrogen-bond acceptors (Lipinski definition) is 4. The van der Waals surface area contributed by atoms with Crippen LogP contribution in [0, 0.1) is 12.8 Å². The monoisotopic (exact) mass is 531 g/mol. The predicted octanol–water partition coefficient (Wildman–Crippen LogP) is 3.41. The van der Waals surface area contributed by atoms with E-state index in [9.17, 15) is 22.8 Å². The Morgan fingerprint density at radius 2 is 1.97 bits per heavy atom. The van der Waals surface area contributed by atoms with Crippen molar-refractivity contribution in [2.75, 3.05) is 39.9 Å². The number of ether oxygens (including phenoxy) is 1. The summed E-state index contributed by atoms with van der Waals surface area (Å²) >= 11 is 0. The average Bonchev–Trinajstić information content (AvgIpc) is 2.80. The van der Waals surface area contributed by atoms with Gasteiger partial charge in [0.05, 0.1) is 12.2 Å². The molecule has 1 aliphatic heterocycles. The molecule has 2 amide bonds. The molecule has 1 fully saturated rings. The number of hydrogen-bond donors (Lipinski definition) is 1. The average molecular weight is 532 g/mol. The van der Waals surface area contributed by atoms with Crippen LogP contribution in [-0.4, -0.2) is 67.4 Å². The molecule has 9 heteroatoms. The highest BCUT2D eigenvalue weighted by Gasteiger charge is 2.37. The summed E-state index contributed by atoms with van der Waals surface area (Å²) in [6, 6.07) is 3.66. The predicted molar refractivity (Wildman–Crippen MR) is 142 cm³/mol. The number of halogens is 3.